The second-order valence-electron chi connectivity index (χ2n) is 4.99. The molecule has 0 saturated heterocycles. The molecule has 0 fully saturated rings. The second kappa shape index (κ2) is 5.73. The first-order valence-corrected chi connectivity index (χ1v) is 6.85. The van der Waals surface area contributed by atoms with Gasteiger partial charge in [0, 0.05) is 11.6 Å². The van der Waals surface area contributed by atoms with Crippen LogP contribution in [0.2, 0.25) is 0 Å². The third-order valence-electron chi connectivity index (χ3n) is 3.37. The highest BCUT2D eigenvalue weighted by molar-refractivity contribution is 6.05. The first-order chi connectivity index (χ1) is 10.6. The molecule has 0 aliphatic heterocycles. The Morgan fingerprint density at radius 3 is 2.68 bits per heavy atom. The fraction of sp³-hybridized carbons (Fsp3) is 0.0588. The zero-order valence-corrected chi connectivity index (χ0v) is 12.0. The predicted molar refractivity (Wildman–Crippen MR) is 84.8 cm³/mol. The van der Waals surface area contributed by atoms with Crippen molar-refractivity contribution in [3.05, 3.63) is 65.7 Å². The van der Waals surface area contributed by atoms with E-state index in [1.54, 1.807) is 18.2 Å². The van der Waals surface area contributed by atoms with Crippen LogP contribution < -0.4 is 5.32 Å². The summed E-state index contributed by atoms with van der Waals surface area (Å²) in [6, 6.07) is 16.2. The molecule has 0 unspecified atom stereocenters. The van der Waals surface area contributed by atoms with Gasteiger partial charge in [0.05, 0.1) is 5.69 Å². The minimum Gasteiger partial charge on any atom is -0.508 e. The number of hydrogen-bond donors (Lipinski definition) is 3. The van der Waals surface area contributed by atoms with E-state index in [4.69, 9.17) is 0 Å². The van der Waals surface area contributed by atoms with E-state index in [0.717, 1.165) is 16.8 Å². The molecule has 0 spiro atoms. The van der Waals surface area contributed by atoms with Gasteiger partial charge in [-0.3, -0.25) is 9.89 Å². The number of carbonyl (C=O) groups excluding carboxylic acids is 1. The Hall–Kier alpha value is -3.08. The fourth-order valence-electron chi connectivity index (χ4n) is 2.19. The number of aromatic hydroxyl groups is 1. The first-order valence-electron chi connectivity index (χ1n) is 6.85. The lowest BCUT2D eigenvalue weighted by Crippen LogP contribution is -2.13. The lowest BCUT2D eigenvalue weighted by atomic mass is 10.1. The lowest BCUT2D eigenvalue weighted by Gasteiger charge is -2.05. The van der Waals surface area contributed by atoms with Crippen molar-refractivity contribution in [3.8, 4) is 17.0 Å². The molecule has 110 valence electrons. The maximum atomic E-state index is 12.3. The molecule has 2 aromatic carbocycles. The average Bonchev–Trinajstić information content (AvgIpc) is 2.99. The quantitative estimate of drug-likeness (QED) is 0.693. The third kappa shape index (κ3) is 2.83. The summed E-state index contributed by atoms with van der Waals surface area (Å²) in [4.78, 5) is 12.3. The Morgan fingerprint density at radius 2 is 1.91 bits per heavy atom. The van der Waals surface area contributed by atoms with Crippen molar-refractivity contribution >= 4 is 11.7 Å². The van der Waals surface area contributed by atoms with Crippen molar-refractivity contribution in [3.63, 3.8) is 0 Å². The Morgan fingerprint density at radius 1 is 1.14 bits per heavy atom. The topological polar surface area (TPSA) is 78.0 Å². The molecule has 0 bridgehead atoms. The molecule has 1 heterocycles. The number of anilines is 1. The highest BCUT2D eigenvalue weighted by Crippen LogP contribution is 2.21. The summed E-state index contributed by atoms with van der Waals surface area (Å²) in [6.45, 7) is 1.81. The number of benzene rings is 2. The van der Waals surface area contributed by atoms with Crippen molar-refractivity contribution in [2.24, 2.45) is 0 Å². The van der Waals surface area contributed by atoms with Gasteiger partial charge in [0.1, 0.15) is 5.75 Å². The normalized spacial score (nSPS) is 10.4. The van der Waals surface area contributed by atoms with E-state index in [1.807, 2.05) is 37.3 Å². The average molecular weight is 293 g/mol. The van der Waals surface area contributed by atoms with Crippen molar-refractivity contribution in [2.75, 3.05) is 5.32 Å². The molecule has 0 radical (unpaired) electrons. The lowest BCUT2D eigenvalue weighted by molar-refractivity contribution is 0.102. The van der Waals surface area contributed by atoms with E-state index in [1.165, 1.54) is 6.07 Å². The molecule has 3 N–H and O–H groups in total. The molecule has 5 nitrogen and oxygen atoms in total. The molecule has 0 saturated carbocycles. The van der Waals surface area contributed by atoms with E-state index in [0.29, 0.717) is 11.4 Å². The number of nitrogens with zero attached hydrogens (tertiary/aromatic N) is 1. The van der Waals surface area contributed by atoms with Crippen molar-refractivity contribution in [2.45, 2.75) is 6.92 Å². The molecule has 1 amide bonds. The first kappa shape index (κ1) is 13.9. The number of aryl methyl sites for hydroxylation is 1. The summed E-state index contributed by atoms with van der Waals surface area (Å²) in [5.74, 6) is 0.189. The highest BCUT2D eigenvalue weighted by atomic mass is 16.3. The van der Waals surface area contributed by atoms with Crippen LogP contribution in [0, 0.1) is 6.92 Å². The van der Waals surface area contributed by atoms with Gasteiger partial charge in [0.15, 0.2) is 5.82 Å². The van der Waals surface area contributed by atoms with Gasteiger partial charge in [-0.25, -0.2) is 0 Å². The van der Waals surface area contributed by atoms with E-state index in [2.05, 4.69) is 15.5 Å². The number of phenolic OH excluding ortho intramolecular Hbond substituents is 1. The van der Waals surface area contributed by atoms with Gasteiger partial charge in [0.25, 0.3) is 5.91 Å². The highest BCUT2D eigenvalue weighted by Gasteiger charge is 2.12. The van der Waals surface area contributed by atoms with Gasteiger partial charge in [-0.15, -0.1) is 0 Å². The number of amides is 1. The van der Waals surface area contributed by atoms with Crippen LogP contribution in [0.15, 0.2) is 54.6 Å². The Kier molecular flexibility index (Phi) is 3.62. The van der Waals surface area contributed by atoms with Crippen molar-refractivity contribution in [1.29, 1.82) is 0 Å². The zero-order valence-electron chi connectivity index (χ0n) is 12.0. The molecule has 0 atom stereocenters. The smallest absolute Gasteiger partial charge is 0.257 e. The summed E-state index contributed by atoms with van der Waals surface area (Å²) < 4.78 is 0. The fourth-order valence-corrected chi connectivity index (χ4v) is 2.19. The molecule has 3 aromatic rings. The molecule has 22 heavy (non-hydrogen) atoms. The Balaban J connectivity index is 1.81. The largest absolute Gasteiger partial charge is 0.508 e. The third-order valence-corrected chi connectivity index (χ3v) is 3.37. The van der Waals surface area contributed by atoms with Crippen LogP contribution in [0.1, 0.15) is 15.9 Å². The van der Waals surface area contributed by atoms with Crippen molar-refractivity contribution in [1.82, 2.24) is 10.2 Å². The molecule has 5 heteroatoms. The number of carbonyl (C=O) groups is 1. The van der Waals surface area contributed by atoms with Gasteiger partial charge in [-0.05, 0) is 30.2 Å². The van der Waals surface area contributed by atoms with Crippen molar-refractivity contribution < 1.29 is 9.90 Å². The van der Waals surface area contributed by atoms with Crippen LogP contribution in [0.3, 0.4) is 0 Å². The monoisotopic (exact) mass is 293 g/mol. The molecular formula is C17H15N3O2. The van der Waals surface area contributed by atoms with Gasteiger partial charge >= 0.3 is 0 Å². The minimum absolute atomic E-state index is 0.0581. The number of aromatic amines is 1. The molecule has 3 rings (SSSR count). The minimum atomic E-state index is -0.306. The summed E-state index contributed by atoms with van der Waals surface area (Å²) in [5, 5.41) is 19.2. The Bertz CT molecular complexity index is 810. The Labute approximate surface area is 127 Å². The standard InChI is InChI=1S/C17H15N3O2/c1-11-7-8-13(21)9-14(11)17(22)18-16-10-15(19-20-16)12-5-3-2-4-6-12/h2-10,21H,1H3,(H2,18,19,20,22). The van der Waals surface area contributed by atoms with E-state index >= 15 is 0 Å². The van der Waals surface area contributed by atoms with E-state index in [-0.39, 0.29) is 11.7 Å². The van der Waals surface area contributed by atoms with Crippen LogP contribution in [0.4, 0.5) is 5.82 Å². The van der Waals surface area contributed by atoms with Gasteiger partial charge < -0.3 is 10.4 Å². The number of nitrogens with one attached hydrogen (secondary N) is 2. The summed E-state index contributed by atoms with van der Waals surface area (Å²) >= 11 is 0. The van der Waals surface area contributed by atoms with Gasteiger partial charge in [0.2, 0.25) is 0 Å². The number of hydrogen-bond acceptors (Lipinski definition) is 3. The van der Waals surface area contributed by atoms with Gasteiger partial charge in [-0.2, -0.15) is 5.10 Å². The predicted octanol–water partition coefficient (Wildman–Crippen LogP) is 3.34. The molecule has 1 aromatic heterocycles. The van der Waals surface area contributed by atoms with E-state index < -0.39 is 0 Å². The zero-order chi connectivity index (χ0) is 15.5. The maximum absolute atomic E-state index is 12.3. The summed E-state index contributed by atoms with van der Waals surface area (Å²) in [6.07, 6.45) is 0. The van der Waals surface area contributed by atoms with Crippen LogP contribution >= 0.6 is 0 Å². The number of phenols is 1. The SMILES string of the molecule is Cc1ccc(O)cc1C(=O)Nc1cc(-c2ccccc2)[nH]n1. The maximum Gasteiger partial charge on any atom is 0.257 e. The second-order valence-corrected chi connectivity index (χ2v) is 4.99. The van der Waals surface area contributed by atoms with E-state index in [9.17, 15) is 9.90 Å². The van der Waals surface area contributed by atoms with Crippen LogP contribution in [0.5, 0.6) is 5.75 Å². The number of H-pyrrole nitrogens is 1. The molecule has 0 aliphatic carbocycles. The number of rotatable bonds is 3. The van der Waals surface area contributed by atoms with Crippen LogP contribution in [-0.4, -0.2) is 21.2 Å². The summed E-state index contributed by atoms with van der Waals surface area (Å²) in [7, 11) is 0. The van der Waals surface area contributed by atoms with Crippen LogP contribution in [0.25, 0.3) is 11.3 Å². The molecule has 0 aliphatic rings. The molecular weight excluding hydrogens is 278 g/mol. The van der Waals surface area contributed by atoms with Crippen LogP contribution in [-0.2, 0) is 0 Å². The number of aromatic nitrogens is 2. The van der Waals surface area contributed by atoms with Gasteiger partial charge in [-0.1, -0.05) is 36.4 Å². The summed E-state index contributed by atoms with van der Waals surface area (Å²) in [5.41, 5.74) is 3.02.